The number of hydrogen-bond acceptors (Lipinski definition) is 2. The van der Waals surface area contributed by atoms with Gasteiger partial charge in [-0.2, -0.15) is 5.10 Å². The zero-order valence-corrected chi connectivity index (χ0v) is 22.7. The molecule has 3 aromatic rings. The first-order valence-corrected chi connectivity index (χ1v) is 12.3. The molecule has 0 fully saturated rings. The zero-order chi connectivity index (χ0) is 27.5. The number of aryl methyl sites for hydroxylation is 2. The van der Waals surface area contributed by atoms with Crippen molar-refractivity contribution in [2.75, 3.05) is 0 Å². The molecule has 1 aromatic carbocycles. The van der Waals surface area contributed by atoms with E-state index in [0.29, 0.717) is 17.2 Å². The second kappa shape index (κ2) is 13.7. The molecule has 0 aliphatic carbocycles. The van der Waals surface area contributed by atoms with Gasteiger partial charge >= 0.3 is 0 Å². The molecule has 2 heterocycles. The molecule has 0 aliphatic rings. The van der Waals surface area contributed by atoms with Crippen LogP contribution in [0.25, 0.3) is 29.7 Å². The summed E-state index contributed by atoms with van der Waals surface area (Å²) in [7, 11) is 0. The SMILES string of the molecule is C=C\C=C/C(=C\C)C(/C)=C/C=c1/[nH]nc(-c2nc(/C(=C\C=C)c3cc(C)cc(F)c3)c(C)[nH]2)c1=C.CC. The fourth-order valence-electron chi connectivity index (χ4n) is 3.80. The molecule has 37 heavy (non-hydrogen) atoms. The Kier molecular flexibility index (Phi) is 10.8. The Morgan fingerprint density at radius 2 is 1.78 bits per heavy atom. The van der Waals surface area contributed by atoms with Crippen LogP contribution in [-0.4, -0.2) is 20.2 Å². The quantitative estimate of drug-likeness (QED) is 0.329. The Balaban J connectivity index is 0.00000235. The Labute approximate surface area is 219 Å². The Bertz CT molecular complexity index is 1470. The highest BCUT2D eigenvalue weighted by molar-refractivity contribution is 5.81. The fraction of sp³-hybridized carbons (Fsp3) is 0.188. The molecule has 2 aromatic heterocycles. The van der Waals surface area contributed by atoms with Crippen LogP contribution in [0.1, 0.15) is 50.2 Å². The molecule has 4 nitrogen and oxygen atoms in total. The average molecular weight is 497 g/mol. The number of nitrogens with zero attached hydrogens (tertiary/aromatic N) is 2. The number of aromatic nitrogens is 4. The smallest absolute Gasteiger partial charge is 0.159 e. The second-order valence-electron chi connectivity index (χ2n) is 8.21. The van der Waals surface area contributed by atoms with Crippen molar-refractivity contribution in [2.45, 2.75) is 41.5 Å². The van der Waals surface area contributed by atoms with Gasteiger partial charge in [-0.1, -0.05) is 82.2 Å². The summed E-state index contributed by atoms with van der Waals surface area (Å²) >= 11 is 0. The van der Waals surface area contributed by atoms with Crippen molar-refractivity contribution in [2.24, 2.45) is 0 Å². The molecule has 192 valence electrons. The van der Waals surface area contributed by atoms with Crippen molar-refractivity contribution in [1.82, 2.24) is 20.2 Å². The zero-order valence-electron chi connectivity index (χ0n) is 22.7. The van der Waals surface area contributed by atoms with E-state index < -0.39 is 0 Å². The predicted molar refractivity (Wildman–Crippen MR) is 157 cm³/mol. The van der Waals surface area contributed by atoms with Gasteiger partial charge in [0.15, 0.2) is 5.82 Å². The van der Waals surface area contributed by atoms with Crippen molar-refractivity contribution < 1.29 is 4.39 Å². The molecule has 0 radical (unpaired) electrons. The van der Waals surface area contributed by atoms with E-state index in [1.54, 1.807) is 12.2 Å². The molecule has 0 spiro atoms. The molecular weight excluding hydrogens is 459 g/mol. The minimum absolute atomic E-state index is 0.291. The van der Waals surface area contributed by atoms with Crippen molar-refractivity contribution in [3.05, 3.63) is 124 Å². The lowest BCUT2D eigenvalue weighted by atomic mass is 9.99. The van der Waals surface area contributed by atoms with E-state index in [1.165, 1.54) is 12.1 Å². The lowest BCUT2D eigenvalue weighted by Crippen LogP contribution is -2.21. The van der Waals surface area contributed by atoms with Crippen LogP contribution in [0.15, 0.2) is 85.0 Å². The predicted octanol–water partition coefficient (Wildman–Crippen LogP) is 7.03. The highest BCUT2D eigenvalue weighted by Crippen LogP contribution is 2.28. The highest BCUT2D eigenvalue weighted by atomic mass is 19.1. The van der Waals surface area contributed by atoms with Crippen LogP contribution in [0, 0.1) is 19.7 Å². The van der Waals surface area contributed by atoms with Gasteiger partial charge in [0.1, 0.15) is 11.5 Å². The number of allylic oxidation sites excluding steroid dienone is 9. The van der Waals surface area contributed by atoms with Gasteiger partial charge in [-0.3, -0.25) is 5.10 Å². The summed E-state index contributed by atoms with van der Waals surface area (Å²) in [6.45, 7) is 23.6. The van der Waals surface area contributed by atoms with E-state index in [0.717, 1.165) is 44.1 Å². The first-order chi connectivity index (χ1) is 17.8. The van der Waals surface area contributed by atoms with Gasteiger partial charge in [-0.25, -0.2) is 9.37 Å². The molecule has 0 saturated carbocycles. The lowest BCUT2D eigenvalue weighted by Gasteiger charge is -2.07. The lowest BCUT2D eigenvalue weighted by molar-refractivity contribution is 0.626. The largest absolute Gasteiger partial charge is 0.340 e. The van der Waals surface area contributed by atoms with Gasteiger partial charge < -0.3 is 4.98 Å². The van der Waals surface area contributed by atoms with Gasteiger partial charge in [0.2, 0.25) is 0 Å². The Morgan fingerprint density at radius 1 is 1.05 bits per heavy atom. The molecular formula is C32H37FN4. The molecule has 0 amide bonds. The third kappa shape index (κ3) is 7.14. The first-order valence-electron chi connectivity index (χ1n) is 12.3. The van der Waals surface area contributed by atoms with Crippen LogP contribution in [0.5, 0.6) is 0 Å². The number of rotatable bonds is 8. The summed E-state index contributed by atoms with van der Waals surface area (Å²) in [5.41, 5.74) is 6.73. The number of nitrogens with one attached hydrogen (secondary N) is 2. The van der Waals surface area contributed by atoms with Crippen molar-refractivity contribution in [3.8, 4) is 11.5 Å². The topological polar surface area (TPSA) is 57.4 Å². The Morgan fingerprint density at radius 3 is 2.41 bits per heavy atom. The van der Waals surface area contributed by atoms with Gasteiger partial charge in [0.05, 0.1) is 11.0 Å². The molecule has 5 heteroatoms. The van der Waals surface area contributed by atoms with Gasteiger partial charge in [-0.15, -0.1) is 0 Å². The van der Waals surface area contributed by atoms with E-state index >= 15 is 0 Å². The average Bonchev–Trinajstić information content (AvgIpc) is 3.44. The summed E-state index contributed by atoms with van der Waals surface area (Å²) < 4.78 is 14.1. The number of hydrogen-bond donors (Lipinski definition) is 2. The number of H-pyrrole nitrogens is 2. The van der Waals surface area contributed by atoms with E-state index in [9.17, 15) is 4.39 Å². The maximum atomic E-state index is 14.1. The molecule has 0 saturated heterocycles. The molecule has 3 rings (SSSR count). The van der Waals surface area contributed by atoms with E-state index in [2.05, 4.69) is 34.9 Å². The van der Waals surface area contributed by atoms with Crippen LogP contribution in [0.3, 0.4) is 0 Å². The van der Waals surface area contributed by atoms with Gasteiger partial charge in [0.25, 0.3) is 0 Å². The number of imidazole rings is 1. The molecule has 0 aliphatic heterocycles. The fourth-order valence-corrected chi connectivity index (χ4v) is 3.80. The molecule has 2 N–H and O–H groups in total. The standard InChI is InChI=1S/C30H31FN4.C2H6/c1-8-11-13-23(10-3)20(5)14-15-27-21(6)28(35-34-27)30-32-22(7)29(33-30)26(12-9-2)24-16-19(4)17-25(31)18-24;1-2/h8-18,34H,1-2,6H2,3-5,7H3,(H,32,33);1-2H3/b13-11-,20-14+,23-10+,26-12-,27-15+;. The third-order valence-electron chi connectivity index (χ3n) is 5.58. The van der Waals surface area contributed by atoms with Crippen LogP contribution in [0.4, 0.5) is 4.39 Å². The molecule has 0 atom stereocenters. The Hall–Kier alpha value is -4.25. The van der Waals surface area contributed by atoms with Crippen LogP contribution in [-0.2, 0) is 0 Å². The van der Waals surface area contributed by atoms with E-state index in [-0.39, 0.29) is 5.82 Å². The summed E-state index contributed by atoms with van der Waals surface area (Å²) in [6, 6.07) is 4.93. The van der Waals surface area contributed by atoms with Crippen LogP contribution < -0.4 is 10.6 Å². The summed E-state index contributed by atoms with van der Waals surface area (Å²) in [5, 5.41) is 9.03. The second-order valence-corrected chi connectivity index (χ2v) is 8.21. The highest BCUT2D eigenvalue weighted by Gasteiger charge is 2.17. The maximum Gasteiger partial charge on any atom is 0.159 e. The summed E-state index contributed by atoms with van der Waals surface area (Å²) in [5.74, 6) is 0.297. The van der Waals surface area contributed by atoms with Crippen molar-refractivity contribution in [3.63, 3.8) is 0 Å². The van der Waals surface area contributed by atoms with E-state index in [4.69, 9.17) is 4.98 Å². The molecule has 0 unspecified atom stereocenters. The van der Waals surface area contributed by atoms with Crippen molar-refractivity contribution in [1.29, 1.82) is 0 Å². The monoisotopic (exact) mass is 496 g/mol. The summed E-state index contributed by atoms with van der Waals surface area (Å²) in [6.07, 6.45) is 15.2. The normalized spacial score (nSPS) is 13.1. The van der Waals surface area contributed by atoms with E-state index in [1.807, 2.05) is 84.1 Å². The number of benzene rings is 1. The third-order valence-corrected chi connectivity index (χ3v) is 5.58. The summed E-state index contributed by atoms with van der Waals surface area (Å²) in [4.78, 5) is 8.11. The van der Waals surface area contributed by atoms with Crippen molar-refractivity contribution >= 4 is 18.2 Å². The number of halogens is 1. The first kappa shape index (κ1) is 29.0. The van der Waals surface area contributed by atoms with Gasteiger partial charge in [-0.05, 0) is 68.2 Å². The minimum atomic E-state index is -0.291. The number of aromatic amines is 2. The van der Waals surface area contributed by atoms with Crippen LogP contribution >= 0.6 is 0 Å². The molecule has 0 bridgehead atoms. The maximum absolute atomic E-state index is 14.1. The van der Waals surface area contributed by atoms with Crippen LogP contribution in [0.2, 0.25) is 0 Å². The van der Waals surface area contributed by atoms with Gasteiger partial charge in [0, 0.05) is 16.5 Å². The minimum Gasteiger partial charge on any atom is -0.340 e.